The van der Waals surface area contributed by atoms with E-state index in [9.17, 15) is 8.42 Å². The fraction of sp³-hybridized carbons (Fsp3) is 0.0952. The van der Waals surface area contributed by atoms with Crippen LogP contribution < -0.4 is 9.46 Å². The third-order valence-electron chi connectivity index (χ3n) is 4.37. The van der Waals surface area contributed by atoms with Crippen molar-refractivity contribution in [3.63, 3.8) is 0 Å². The van der Waals surface area contributed by atoms with Gasteiger partial charge in [0.1, 0.15) is 16.5 Å². The Balaban J connectivity index is 1.52. The minimum atomic E-state index is -3.90. The summed E-state index contributed by atoms with van der Waals surface area (Å²) in [6.07, 6.45) is 3.41. The van der Waals surface area contributed by atoms with Gasteiger partial charge < -0.3 is 4.74 Å². The molecule has 0 saturated carbocycles. The quantitative estimate of drug-likeness (QED) is 0.400. The number of rotatable bonds is 6. The molecule has 0 atom stereocenters. The van der Waals surface area contributed by atoms with Crippen LogP contribution in [0.25, 0.3) is 5.82 Å². The largest absolute Gasteiger partial charge is 0.439 e. The normalized spacial score (nSPS) is 11.4. The number of sulfonamides is 1. The smallest absolute Gasteiger partial charge is 0.263 e. The Morgan fingerprint density at radius 1 is 1.00 bits per heavy atom. The van der Waals surface area contributed by atoms with Gasteiger partial charge in [0.15, 0.2) is 5.82 Å². The molecule has 4 rings (SSSR count). The van der Waals surface area contributed by atoms with Gasteiger partial charge in [0.2, 0.25) is 5.88 Å². The zero-order valence-corrected chi connectivity index (χ0v) is 19.3. The summed E-state index contributed by atoms with van der Waals surface area (Å²) >= 11 is 12.1. The molecule has 164 valence electrons. The first kappa shape index (κ1) is 22.1. The van der Waals surface area contributed by atoms with Gasteiger partial charge in [-0.3, -0.25) is 4.72 Å². The van der Waals surface area contributed by atoms with E-state index >= 15 is 0 Å². The average Bonchev–Trinajstić information content (AvgIpc) is 3.26. The van der Waals surface area contributed by atoms with Crippen molar-refractivity contribution in [1.82, 2.24) is 19.7 Å². The molecule has 0 spiro atoms. The van der Waals surface area contributed by atoms with Gasteiger partial charge >= 0.3 is 0 Å². The molecular formula is C21H17Cl2N5O3S. The maximum Gasteiger partial charge on any atom is 0.263 e. The van der Waals surface area contributed by atoms with Crippen molar-refractivity contribution in [3.05, 3.63) is 82.4 Å². The molecule has 0 bridgehead atoms. The highest BCUT2D eigenvalue weighted by Gasteiger charge is 2.19. The van der Waals surface area contributed by atoms with Crippen molar-refractivity contribution >= 4 is 38.9 Å². The van der Waals surface area contributed by atoms with Crippen molar-refractivity contribution in [1.29, 1.82) is 0 Å². The second-order valence-corrected chi connectivity index (χ2v) is 9.29. The van der Waals surface area contributed by atoms with Crippen molar-refractivity contribution in [2.45, 2.75) is 18.7 Å². The molecule has 0 unspecified atom stereocenters. The van der Waals surface area contributed by atoms with Crippen molar-refractivity contribution < 1.29 is 13.2 Å². The van der Waals surface area contributed by atoms with Crippen LogP contribution in [-0.4, -0.2) is 28.2 Å². The molecule has 0 aliphatic rings. The van der Waals surface area contributed by atoms with Crippen molar-refractivity contribution in [2.75, 3.05) is 4.72 Å². The first-order valence-corrected chi connectivity index (χ1v) is 11.6. The van der Waals surface area contributed by atoms with Gasteiger partial charge in [-0.05, 0) is 61.9 Å². The summed E-state index contributed by atoms with van der Waals surface area (Å²) in [6, 6.07) is 12.7. The second kappa shape index (κ2) is 8.78. The number of aryl methyl sites for hydroxylation is 2. The number of ether oxygens (including phenoxy) is 1. The fourth-order valence-corrected chi connectivity index (χ4v) is 4.75. The first-order chi connectivity index (χ1) is 15.2. The summed E-state index contributed by atoms with van der Waals surface area (Å²) in [5, 5.41) is 4.59. The average molecular weight is 490 g/mol. The van der Waals surface area contributed by atoms with E-state index in [1.54, 1.807) is 67.3 Å². The minimum absolute atomic E-state index is 0.0418. The zero-order valence-electron chi connectivity index (χ0n) is 17.0. The van der Waals surface area contributed by atoms with E-state index in [0.717, 1.165) is 0 Å². The second-order valence-electron chi connectivity index (χ2n) is 6.83. The Hall–Kier alpha value is -3.14. The topological polar surface area (TPSA) is 99.0 Å². The molecule has 1 N–H and O–H groups in total. The highest BCUT2D eigenvalue weighted by atomic mass is 35.5. The molecule has 0 saturated heterocycles. The van der Waals surface area contributed by atoms with E-state index in [4.69, 9.17) is 27.9 Å². The summed E-state index contributed by atoms with van der Waals surface area (Å²) in [6.45, 7) is 3.46. The van der Waals surface area contributed by atoms with Gasteiger partial charge in [0, 0.05) is 29.2 Å². The molecule has 0 amide bonds. The summed E-state index contributed by atoms with van der Waals surface area (Å²) in [5.41, 5.74) is 0.951. The van der Waals surface area contributed by atoms with E-state index in [0.29, 0.717) is 39.5 Å². The van der Waals surface area contributed by atoms with Crippen LogP contribution in [0, 0.1) is 13.8 Å². The summed E-state index contributed by atoms with van der Waals surface area (Å²) in [5.74, 6) is 1.89. The third-order valence-corrected chi connectivity index (χ3v) is 6.62. The van der Waals surface area contributed by atoms with E-state index in [1.165, 1.54) is 12.1 Å². The molecule has 0 aliphatic heterocycles. The van der Waals surface area contributed by atoms with Gasteiger partial charge in [0.05, 0.1) is 5.02 Å². The molecular weight excluding hydrogens is 473 g/mol. The number of hydrogen-bond donors (Lipinski definition) is 1. The number of nitrogens with one attached hydrogen (secondary N) is 1. The molecule has 0 radical (unpaired) electrons. The summed E-state index contributed by atoms with van der Waals surface area (Å²) < 4.78 is 35.4. The number of aromatic nitrogens is 4. The Kier molecular flexibility index (Phi) is 6.05. The predicted octanol–water partition coefficient (Wildman–Crippen LogP) is 5.18. The standard InChI is InChI=1S/C21H17Cl2N5O3S/c1-13-10-19(18(23)11-17(13)22)32(29,30)27-15-4-6-16(7-5-15)31-21-12-20(25-14(2)26-21)28-9-3-8-24-28/h3-12,27H,1-2H3. The van der Waals surface area contributed by atoms with Gasteiger partial charge in [-0.2, -0.15) is 10.1 Å². The highest BCUT2D eigenvalue weighted by Crippen LogP contribution is 2.30. The minimum Gasteiger partial charge on any atom is -0.439 e. The van der Waals surface area contributed by atoms with Crippen LogP contribution in [-0.2, 0) is 10.0 Å². The first-order valence-electron chi connectivity index (χ1n) is 9.33. The lowest BCUT2D eigenvalue weighted by Gasteiger charge is -2.12. The number of anilines is 1. The lowest BCUT2D eigenvalue weighted by atomic mass is 10.2. The molecule has 8 nitrogen and oxygen atoms in total. The van der Waals surface area contributed by atoms with E-state index in [2.05, 4.69) is 19.8 Å². The molecule has 0 aliphatic carbocycles. The van der Waals surface area contributed by atoms with E-state index in [-0.39, 0.29) is 9.92 Å². The molecule has 2 heterocycles. The number of nitrogens with zero attached hydrogens (tertiary/aromatic N) is 4. The van der Waals surface area contributed by atoms with E-state index in [1.807, 2.05) is 0 Å². The number of hydrogen-bond acceptors (Lipinski definition) is 6. The van der Waals surface area contributed by atoms with Crippen LogP contribution >= 0.6 is 23.2 Å². The molecule has 32 heavy (non-hydrogen) atoms. The molecule has 4 aromatic rings. The van der Waals surface area contributed by atoms with Gasteiger partial charge in [-0.25, -0.2) is 18.1 Å². The van der Waals surface area contributed by atoms with Crippen LogP contribution in [0.4, 0.5) is 5.69 Å². The summed E-state index contributed by atoms with van der Waals surface area (Å²) in [4.78, 5) is 8.56. The highest BCUT2D eigenvalue weighted by molar-refractivity contribution is 7.92. The van der Waals surface area contributed by atoms with Gasteiger partial charge in [-0.15, -0.1) is 0 Å². The van der Waals surface area contributed by atoms with Crippen molar-refractivity contribution in [3.8, 4) is 17.4 Å². The Morgan fingerprint density at radius 3 is 2.44 bits per heavy atom. The molecule has 2 aromatic heterocycles. The SMILES string of the molecule is Cc1nc(Oc2ccc(NS(=O)(=O)c3cc(C)c(Cl)cc3Cl)cc2)cc(-n2cccn2)n1. The Labute approximate surface area is 194 Å². The van der Waals surface area contributed by atoms with Crippen LogP contribution in [0.3, 0.4) is 0 Å². The van der Waals surface area contributed by atoms with Gasteiger partial charge in [0.25, 0.3) is 10.0 Å². The lowest BCUT2D eigenvalue weighted by molar-refractivity contribution is 0.459. The third kappa shape index (κ3) is 4.85. The van der Waals surface area contributed by atoms with Crippen LogP contribution in [0.15, 0.2) is 65.8 Å². The van der Waals surface area contributed by atoms with Gasteiger partial charge in [-0.1, -0.05) is 23.2 Å². The Morgan fingerprint density at radius 2 is 1.75 bits per heavy atom. The number of halogens is 2. The maximum absolute atomic E-state index is 12.8. The molecule has 2 aromatic carbocycles. The maximum atomic E-state index is 12.8. The number of benzene rings is 2. The lowest BCUT2D eigenvalue weighted by Crippen LogP contribution is -2.13. The van der Waals surface area contributed by atoms with E-state index < -0.39 is 10.0 Å². The predicted molar refractivity (Wildman–Crippen MR) is 122 cm³/mol. The van der Waals surface area contributed by atoms with Crippen LogP contribution in [0.2, 0.25) is 10.0 Å². The molecule has 0 fully saturated rings. The fourth-order valence-electron chi connectivity index (χ4n) is 2.86. The molecule has 11 heteroatoms. The Bertz CT molecular complexity index is 1380. The summed E-state index contributed by atoms with van der Waals surface area (Å²) in [7, 11) is -3.90. The van der Waals surface area contributed by atoms with Crippen molar-refractivity contribution in [2.24, 2.45) is 0 Å². The van der Waals surface area contributed by atoms with Crippen LogP contribution in [0.1, 0.15) is 11.4 Å². The monoisotopic (exact) mass is 489 g/mol. The van der Waals surface area contributed by atoms with Crippen LogP contribution in [0.5, 0.6) is 11.6 Å². The zero-order chi connectivity index (χ0) is 22.9.